The topological polar surface area (TPSA) is 35.6 Å². The van der Waals surface area contributed by atoms with E-state index in [1.165, 1.54) is 12.1 Å². The van der Waals surface area contributed by atoms with E-state index in [0.29, 0.717) is 6.54 Å². The third-order valence-electron chi connectivity index (χ3n) is 4.65. The molecule has 1 N–H and O–H groups in total. The van der Waals surface area contributed by atoms with Gasteiger partial charge < -0.3 is 10.2 Å². The zero-order valence-corrected chi connectivity index (χ0v) is 11.2. The van der Waals surface area contributed by atoms with E-state index in [0.717, 1.165) is 50.9 Å². The summed E-state index contributed by atoms with van der Waals surface area (Å²) in [5.41, 5.74) is 1.22. The van der Waals surface area contributed by atoms with Gasteiger partial charge in [0, 0.05) is 25.8 Å². The smallest absolute Gasteiger partial charge is 0.240 e. The molecule has 4 nitrogen and oxygen atoms in total. The zero-order chi connectivity index (χ0) is 12.5. The first kappa shape index (κ1) is 12.2. The highest BCUT2D eigenvalue weighted by Crippen LogP contribution is 2.26. The highest BCUT2D eigenvalue weighted by atomic mass is 16.2. The van der Waals surface area contributed by atoms with Gasteiger partial charge in [0.1, 0.15) is 0 Å². The van der Waals surface area contributed by atoms with Crippen molar-refractivity contribution in [3.63, 3.8) is 0 Å². The minimum absolute atomic E-state index is 0.260. The van der Waals surface area contributed by atoms with Crippen molar-refractivity contribution in [1.82, 2.24) is 15.1 Å². The van der Waals surface area contributed by atoms with Crippen LogP contribution in [-0.4, -0.2) is 55.5 Å². The van der Waals surface area contributed by atoms with E-state index in [9.17, 15) is 4.79 Å². The van der Waals surface area contributed by atoms with Crippen LogP contribution in [0.4, 0.5) is 0 Å². The van der Waals surface area contributed by atoms with Crippen LogP contribution in [0.25, 0.3) is 0 Å². The van der Waals surface area contributed by atoms with Crippen LogP contribution in [-0.2, 0) is 4.79 Å². The number of nitrogens with one attached hydrogen (secondary N) is 1. The Morgan fingerprint density at radius 2 is 2.17 bits per heavy atom. The monoisotopic (exact) mass is 249 g/mol. The Bertz CT molecular complexity index is 354. The standard InChI is InChI=1S/C14H23N3O/c1-16(13-4-2-3-5-13)14(18)10-17-8-11-6-15-7-12(11)9-17/h4,11-12,15H,2-3,5-10H2,1H3. The lowest BCUT2D eigenvalue weighted by Gasteiger charge is -2.23. The summed E-state index contributed by atoms with van der Waals surface area (Å²) in [5.74, 6) is 1.80. The van der Waals surface area contributed by atoms with E-state index in [1.54, 1.807) is 0 Å². The molecule has 0 aromatic heterocycles. The molecule has 2 atom stereocenters. The van der Waals surface area contributed by atoms with Crippen molar-refractivity contribution in [2.75, 3.05) is 39.8 Å². The van der Waals surface area contributed by atoms with Crippen LogP contribution in [0.2, 0.25) is 0 Å². The van der Waals surface area contributed by atoms with Gasteiger partial charge in [0.15, 0.2) is 0 Å². The van der Waals surface area contributed by atoms with Crippen LogP contribution < -0.4 is 5.32 Å². The van der Waals surface area contributed by atoms with Gasteiger partial charge >= 0.3 is 0 Å². The first-order valence-electron chi connectivity index (χ1n) is 7.12. The highest BCUT2D eigenvalue weighted by molar-refractivity contribution is 5.79. The minimum Gasteiger partial charge on any atom is -0.318 e. The maximum Gasteiger partial charge on any atom is 0.240 e. The van der Waals surface area contributed by atoms with E-state index >= 15 is 0 Å². The first-order valence-corrected chi connectivity index (χ1v) is 7.12. The second kappa shape index (κ2) is 5.02. The second-order valence-electron chi connectivity index (χ2n) is 5.91. The molecular formula is C14H23N3O. The van der Waals surface area contributed by atoms with Gasteiger partial charge in [0.05, 0.1) is 6.54 Å². The van der Waals surface area contributed by atoms with Gasteiger partial charge in [-0.1, -0.05) is 6.08 Å². The van der Waals surface area contributed by atoms with E-state index in [4.69, 9.17) is 0 Å². The molecule has 1 amide bonds. The number of nitrogens with zero attached hydrogens (tertiary/aromatic N) is 2. The van der Waals surface area contributed by atoms with E-state index in [2.05, 4.69) is 16.3 Å². The third kappa shape index (κ3) is 2.31. The van der Waals surface area contributed by atoms with E-state index in [1.807, 2.05) is 11.9 Å². The Morgan fingerprint density at radius 3 is 2.78 bits per heavy atom. The summed E-state index contributed by atoms with van der Waals surface area (Å²) < 4.78 is 0. The number of likely N-dealkylation sites (tertiary alicyclic amines) is 1. The third-order valence-corrected chi connectivity index (χ3v) is 4.65. The molecule has 0 saturated carbocycles. The van der Waals surface area contributed by atoms with Crippen molar-refractivity contribution in [3.8, 4) is 0 Å². The fourth-order valence-corrected chi connectivity index (χ4v) is 3.50. The summed E-state index contributed by atoms with van der Waals surface area (Å²) in [6.45, 7) is 5.06. The normalized spacial score (nSPS) is 31.5. The fraction of sp³-hybridized carbons (Fsp3) is 0.786. The molecule has 2 aliphatic heterocycles. The summed E-state index contributed by atoms with van der Waals surface area (Å²) in [6.07, 6.45) is 5.61. The number of carbonyl (C=O) groups excluding carboxylic acids is 1. The van der Waals surface area contributed by atoms with Gasteiger partial charge in [-0.2, -0.15) is 0 Å². The van der Waals surface area contributed by atoms with Crippen LogP contribution in [0.3, 0.4) is 0 Å². The van der Waals surface area contributed by atoms with Crippen LogP contribution in [0.1, 0.15) is 19.3 Å². The molecule has 0 bridgehead atoms. The largest absolute Gasteiger partial charge is 0.318 e. The Hall–Kier alpha value is -0.870. The fourth-order valence-electron chi connectivity index (χ4n) is 3.50. The van der Waals surface area contributed by atoms with Gasteiger partial charge in [0.25, 0.3) is 0 Å². The maximum absolute atomic E-state index is 12.2. The predicted octanol–water partition coefficient (Wildman–Crippen LogP) is 0.664. The zero-order valence-electron chi connectivity index (χ0n) is 11.2. The van der Waals surface area contributed by atoms with Gasteiger partial charge in [-0.3, -0.25) is 9.69 Å². The van der Waals surface area contributed by atoms with Crippen molar-refractivity contribution in [2.45, 2.75) is 19.3 Å². The highest BCUT2D eigenvalue weighted by Gasteiger charge is 2.36. The average molecular weight is 249 g/mol. The number of hydrogen-bond donors (Lipinski definition) is 1. The molecule has 0 aromatic carbocycles. The molecule has 0 radical (unpaired) electrons. The van der Waals surface area contributed by atoms with Crippen molar-refractivity contribution >= 4 is 5.91 Å². The lowest BCUT2D eigenvalue weighted by molar-refractivity contribution is -0.129. The second-order valence-corrected chi connectivity index (χ2v) is 5.91. The number of likely N-dealkylation sites (N-methyl/N-ethyl adjacent to an activating group) is 1. The molecule has 2 saturated heterocycles. The summed E-state index contributed by atoms with van der Waals surface area (Å²) in [5, 5.41) is 3.43. The summed E-state index contributed by atoms with van der Waals surface area (Å²) in [7, 11) is 1.93. The Kier molecular flexibility index (Phi) is 3.39. The van der Waals surface area contributed by atoms with Gasteiger partial charge in [-0.05, 0) is 44.2 Å². The van der Waals surface area contributed by atoms with Gasteiger partial charge in [-0.25, -0.2) is 0 Å². The number of hydrogen-bond acceptors (Lipinski definition) is 3. The van der Waals surface area contributed by atoms with E-state index < -0.39 is 0 Å². The molecule has 0 spiro atoms. The Labute approximate surface area is 109 Å². The summed E-state index contributed by atoms with van der Waals surface area (Å²) >= 11 is 0. The molecule has 2 unspecified atom stereocenters. The van der Waals surface area contributed by atoms with Gasteiger partial charge in [0.2, 0.25) is 5.91 Å². The van der Waals surface area contributed by atoms with E-state index in [-0.39, 0.29) is 5.91 Å². The first-order chi connectivity index (χ1) is 8.74. The molecule has 2 fully saturated rings. The van der Waals surface area contributed by atoms with Crippen LogP contribution in [0, 0.1) is 11.8 Å². The van der Waals surface area contributed by atoms with Crippen LogP contribution in [0.5, 0.6) is 0 Å². The molecule has 3 aliphatic rings. The Morgan fingerprint density at radius 1 is 1.44 bits per heavy atom. The molecular weight excluding hydrogens is 226 g/mol. The lowest BCUT2D eigenvalue weighted by Crippen LogP contribution is -2.37. The van der Waals surface area contributed by atoms with Crippen molar-refractivity contribution in [1.29, 1.82) is 0 Å². The Balaban J connectivity index is 1.52. The molecule has 100 valence electrons. The van der Waals surface area contributed by atoms with Gasteiger partial charge in [-0.15, -0.1) is 0 Å². The van der Waals surface area contributed by atoms with Crippen molar-refractivity contribution in [2.24, 2.45) is 11.8 Å². The van der Waals surface area contributed by atoms with Crippen molar-refractivity contribution in [3.05, 3.63) is 11.8 Å². The van der Waals surface area contributed by atoms with Crippen LogP contribution >= 0.6 is 0 Å². The molecule has 4 heteroatoms. The lowest BCUT2D eigenvalue weighted by atomic mass is 10.0. The predicted molar refractivity (Wildman–Crippen MR) is 71.0 cm³/mol. The number of rotatable bonds is 3. The van der Waals surface area contributed by atoms with Crippen LogP contribution in [0.15, 0.2) is 11.8 Å². The number of carbonyl (C=O) groups is 1. The number of allylic oxidation sites excluding steroid dienone is 2. The number of amides is 1. The SMILES string of the molecule is CN(C(=O)CN1CC2CNCC2C1)C1=CCCC1. The quantitative estimate of drug-likeness (QED) is 0.798. The molecule has 3 rings (SSSR count). The molecule has 1 aliphatic carbocycles. The van der Waals surface area contributed by atoms with Crippen molar-refractivity contribution < 1.29 is 4.79 Å². The summed E-state index contributed by atoms with van der Waals surface area (Å²) in [4.78, 5) is 16.4. The number of fused-ring (bicyclic) bond motifs is 1. The molecule has 18 heavy (non-hydrogen) atoms. The minimum atomic E-state index is 0.260. The molecule has 2 heterocycles. The average Bonchev–Trinajstić information content (AvgIpc) is 3.03. The summed E-state index contributed by atoms with van der Waals surface area (Å²) in [6, 6.07) is 0. The molecule has 0 aromatic rings. The maximum atomic E-state index is 12.2.